The van der Waals surface area contributed by atoms with Crippen LogP contribution in [-0.4, -0.2) is 80.9 Å². The fraction of sp³-hybridized carbons (Fsp3) is 1.00. The molecule has 0 bridgehead atoms. The molecule has 0 fully saturated rings. The standard InChI is InChI=1S/C22H44Br4N2O5S2/c1-19(2,27(25)17-23)10-14-34(29,30)15-12-21(5,6)33-13-9-22(7,8)35(31,32)16-11-20(3,4)28(26)18-24/h9-18H2,1-8H3. The van der Waals surface area contributed by atoms with E-state index in [1.165, 1.54) is 0 Å². The molecule has 0 amide bonds. The van der Waals surface area contributed by atoms with Crippen LogP contribution in [0, 0.1) is 0 Å². The van der Waals surface area contributed by atoms with Gasteiger partial charge >= 0.3 is 0 Å². The highest BCUT2D eigenvalue weighted by Crippen LogP contribution is 2.30. The lowest BCUT2D eigenvalue weighted by molar-refractivity contribution is -0.0227. The lowest BCUT2D eigenvalue weighted by Gasteiger charge is -2.34. The van der Waals surface area contributed by atoms with Crippen LogP contribution in [0.4, 0.5) is 0 Å². The summed E-state index contributed by atoms with van der Waals surface area (Å²) in [6.45, 7) is 15.4. The molecule has 0 N–H and O–H groups in total. The first-order valence-corrected chi connectivity index (χ1v) is 18.7. The molecule has 0 rings (SSSR count). The fourth-order valence-electron chi connectivity index (χ4n) is 2.94. The molecule has 0 atom stereocenters. The van der Waals surface area contributed by atoms with Crippen molar-refractivity contribution in [3.05, 3.63) is 0 Å². The molecule has 35 heavy (non-hydrogen) atoms. The monoisotopic (exact) mass is 796 g/mol. The molecule has 0 saturated heterocycles. The molecule has 0 saturated carbocycles. The molecular weight excluding hydrogens is 756 g/mol. The normalized spacial score (nSPS) is 14.8. The van der Waals surface area contributed by atoms with Gasteiger partial charge in [0.2, 0.25) is 0 Å². The minimum absolute atomic E-state index is 0.0278. The number of sulfone groups is 2. The minimum Gasteiger partial charge on any atom is -0.375 e. The second-order valence-electron chi connectivity index (χ2n) is 11.4. The van der Waals surface area contributed by atoms with Crippen LogP contribution in [-0.2, 0) is 24.4 Å². The van der Waals surface area contributed by atoms with Gasteiger partial charge in [-0.1, -0.05) is 31.9 Å². The predicted molar refractivity (Wildman–Crippen MR) is 162 cm³/mol. The summed E-state index contributed by atoms with van der Waals surface area (Å²) in [5.74, 6) is 0.189. The van der Waals surface area contributed by atoms with Crippen LogP contribution in [0.2, 0.25) is 0 Å². The number of nitrogens with zero attached hydrogens (tertiary/aromatic N) is 2. The lowest BCUT2D eigenvalue weighted by Crippen LogP contribution is -2.42. The summed E-state index contributed by atoms with van der Waals surface area (Å²) in [5.41, 5.74) is -0.126. The summed E-state index contributed by atoms with van der Waals surface area (Å²) in [6.07, 6.45) is 1.67. The summed E-state index contributed by atoms with van der Waals surface area (Å²) in [4.78, 5) is 0. The topological polar surface area (TPSA) is 84.0 Å². The second-order valence-corrected chi connectivity index (χ2v) is 19.2. The molecule has 0 aromatic rings. The van der Waals surface area contributed by atoms with E-state index in [-0.39, 0.29) is 34.9 Å². The van der Waals surface area contributed by atoms with Crippen LogP contribution in [0.15, 0.2) is 0 Å². The fourth-order valence-corrected chi connectivity index (χ4v) is 8.18. The molecule has 0 aliphatic heterocycles. The highest BCUT2D eigenvalue weighted by molar-refractivity contribution is 9.11. The predicted octanol–water partition coefficient (Wildman–Crippen LogP) is 6.44. The van der Waals surface area contributed by atoms with E-state index in [0.29, 0.717) is 36.6 Å². The van der Waals surface area contributed by atoms with Crippen molar-refractivity contribution in [2.45, 2.75) is 102 Å². The average Bonchev–Trinajstić information content (AvgIpc) is 2.73. The Kier molecular flexibility index (Phi) is 15.1. The van der Waals surface area contributed by atoms with E-state index in [1.807, 2.05) is 49.4 Å². The smallest absolute Gasteiger partial charge is 0.155 e. The van der Waals surface area contributed by atoms with Crippen LogP contribution in [0.5, 0.6) is 0 Å². The number of ether oxygens (including phenoxy) is 1. The van der Waals surface area contributed by atoms with Gasteiger partial charge in [0.05, 0.1) is 38.5 Å². The summed E-state index contributed by atoms with van der Waals surface area (Å²) >= 11 is 13.7. The van der Waals surface area contributed by atoms with E-state index in [4.69, 9.17) is 4.74 Å². The molecular formula is C22H44Br4N2O5S2. The van der Waals surface area contributed by atoms with E-state index in [9.17, 15) is 16.8 Å². The van der Waals surface area contributed by atoms with E-state index in [2.05, 4.69) is 64.2 Å². The molecule has 7 nitrogen and oxygen atoms in total. The van der Waals surface area contributed by atoms with E-state index in [1.54, 1.807) is 13.8 Å². The van der Waals surface area contributed by atoms with Gasteiger partial charge in [-0.3, -0.25) is 0 Å². The van der Waals surface area contributed by atoms with Crippen molar-refractivity contribution in [1.82, 2.24) is 7.85 Å². The van der Waals surface area contributed by atoms with Gasteiger partial charge in [0.15, 0.2) is 9.84 Å². The molecule has 212 valence electrons. The van der Waals surface area contributed by atoms with Crippen molar-refractivity contribution in [2.24, 2.45) is 0 Å². The zero-order chi connectivity index (χ0) is 27.9. The zero-order valence-corrected chi connectivity index (χ0v) is 30.3. The summed E-state index contributed by atoms with van der Waals surface area (Å²) in [6, 6.07) is 0. The minimum atomic E-state index is -3.37. The number of rotatable bonds is 18. The van der Waals surface area contributed by atoms with Gasteiger partial charge < -0.3 is 4.74 Å². The van der Waals surface area contributed by atoms with Gasteiger partial charge in [-0.25, -0.2) is 24.7 Å². The Morgan fingerprint density at radius 3 is 1.49 bits per heavy atom. The molecule has 13 heteroatoms. The number of hydrogen-bond acceptors (Lipinski definition) is 7. The van der Waals surface area contributed by atoms with Gasteiger partial charge in [-0.15, -0.1) is 0 Å². The average molecular weight is 800 g/mol. The van der Waals surface area contributed by atoms with Crippen molar-refractivity contribution in [1.29, 1.82) is 0 Å². The Hall–Kier alpha value is 1.70. The molecule has 0 aliphatic carbocycles. The largest absolute Gasteiger partial charge is 0.375 e. The third kappa shape index (κ3) is 13.1. The van der Waals surface area contributed by atoms with E-state index >= 15 is 0 Å². The third-order valence-electron chi connectivity index (χ3n) is 6.58. The Labute approximate surface area is 248 Å². The second kappa shape index (κ2) is 14.4. The van der Waals surface area contributed by atoms with Crippen molar-refractivity contribution in [3.63, 3.8) is 0 Å². The van der Waals surface area contributed by atoms with Crippen LogP contribution >= 0.6 is 64.2 Å². The maximum atomic E-state index is 13.1. The maximum absolute atomic E-state index is 13.1. The van der Waals surface area contributed by atoms with Crippen LogP contribution in [0.25, 0.3) is 0 Å². The Balaban J connectivity index is 4.83. The summed E-state index contributed by atoms with van der Waals surface area (Å²) in [7, 11) is -6.62. The van der Waals surface area contributed by atoms with Crippen molar-refractivity contribution >= 4 is 83.8 Å². The van der Waals surface area contributed by atoms with Crippen LogP contribution in [0.1, 0.15) is 81.1 Å². The van der Waals surface area contributed by atoms with Crippen LogP contribution < -0.4 is 0 Å². The Morgan fingerprint density at radius 1 is 0.657 bits per heavy atom. The van der Waals surface area contributed by atoms with Gasteiger partial charge in [-0.05, 0) is 81.1 Å². The van der Waals surface area contributed by atoms with Gasteiger partial charge in [0, 0.05) is 50.0 Å². The molecule has 0 aliphatic rings. The highest BCUT2D eigenvalue weighted by atomic mass is 79.9. The number of alkyl halides is 2. The first-order chi connectivity index (χ1) is 15.5. The molecule has 0 unspecified atom stereocenters. The first-order valence-electron chi connectivity index (χ1n) is 11.6. The summed E-state index contributed by atoms with van der Waals surface area (Å²) in [5, 5.41) is 0. The van der Waals surface area contributed by atoms with E-state index < -0.39 is 30.0 Å². The van der Waals surface area contributed by atoms with Gasteiger partial charge in [0.25, 0.3) is 0 Å². The Bertz CT molecular complexity index is 863. The SMILES string of the molecule is CC(C)(CCS(=O)(=O)CCC(C)(C)N(Br)CBr)OCCC(C)(C)S(=O)(=O)CCC(C)(C)N(Br)CBr. The maximum Gasteiger partial charge on any atom is 0.155 e. The van der Waals surface area contributed by atoms with Crippen molar-refractivity contribution < 1.29 is 21.6 Å². The summed E-state index contributed by atoms with van der Waals surface area (Å²) < 4.78 is 60.2. The van der Waals surface area contributed by atoms with Crippen LogP contribution in [0.3, 0.4) is 0 Å². The van der Waals surface area contributed by atoms with Gasteiger partial charge in [0.1, 0.15) is 9.84 Å². The first kappa shape index (κ1) is 36.7. The third-order valence-corrected chi connectivity index (χ3v) is 15.6. The molecule has 0 spiro atoms. The highest BCUT2D eigenvalue weighted by Gasteiger charge is 2.37. The van der Waals surface area contributed by atoms with E-state index in [0.717, 1.165) is 0 Å². The zero-order valence-electron chi connectivity index (χ0n) is 22.3. The lowest BCUT2D eigenvalue weighted by atomic mass is 10.0. The van der Waals surface area contributed by atoms with Crippen molar-refractivity contribution in [2.75, 3.05) is 34.8 Å². The molecule has 0 heterocycles. The number of hydrogen-bond donors (Lipinski definition) is 0. The molecule has 0 aromatic carbocycles. The molecule has 0 aromatic heterocycles. The Morgan fingerprint density at radius 2 is 1.06 bits per heavy atom. The molecule has 0 radical (unpaired) electrons. The number of halogens is 4. The van der Waals surface area contributed by atoms with Crippen molar-refractivity contribution in [3.8, 4) is 0 Å². The van der Waals surface area contributed by atoms with Gasteiger partial charge in [-0.2, -0.15) is 0 Å². The quantitative estimate of drug-likeness (QED) is 0.0898.